The van der Waals surface area contributed by atoms with E-state index in [0.717, 1.165) is 18.2 Å². The van der Waals surface area contributed by atoms with E-state index >= 15 is 0 Å². The van der Waals surface area contributed by atoms with E-state index in [9.17, 15) is 22.0 Å². The zero-order valence-electron chi connectivity index (χ0n) is 7.59. The van der Waals surface area contributed by atoms with E-state index in [1.165, 1.54) is 0 Å². The van der Waals surface area contributed by atoms with E-state index < -0.39 is 30.2 Å². The topological polar surface area (TPSA) is 44.5 Å². The van der Waals surface area contributed by atoms with Crippen LogP contribution in [0, 0.1) is 0 Å². The molecule has 2 N–H and O–H groups in total. The molecule has 0 spiro atoms. The Bertz CT molecular complexity index is 366. The first kappa shape index (κ1) is 12.3. The lowest BCUT2D eigenvalue weighted by molar-refractivity contribution is -0.275. The fourth-order valence-electron chi connectivity index (χ4n) is 0.947. The third-order valence-electron chi connectivity index (χ3n) is 1.44. The number of ether oxygens (including phenoxy) is 2. The molecule has 0 unspecified atom stereocenters. The molecule has 0 bridgehead atoms. The zero-order valence-corrected chi connectivity index (χ0v) is 7.59. The highest BCUT2D eigenvalue weighted by molar-refractivity contribution is 5.60. The van der Waals surface area contributed by atoms with Gasteiger partial charge in [-0.25, -0.2) is 0 Å². The Morgan fingerprint density at radius 3 is 2.31 bits per heavy atom. The maximum atomic E-state index is 11.9. The smallest absolute Gasteiger partial charge is 0.431 e. The maximum absolute atomic E-state index is 11.9. The summed E-state index contributed by atoms with van der Waals surface area (Å²) in [7, 11) is 0. The highest BCUT2D eigenvalue weighted by Crippen LogP contribution is 2.37. The summed E-state index contributed by atoms with van der Waals surface area (Å²) >= 11 is 0. The highest BCUT2D eigenvalue weighted by Gasteiger charge is 2.33. The molecule has 0 aliphatic carbocycles. The molecular formula is C8H6F5NO2. The molecule has 1 aromatic carbocycles. The number of hydrogen-bond acceptors (Lipinski definition) is 3. The van der Waals surface area contributed by atoms with Crippen molar-refractivity contribution in [2.24, 2.45) is 0 Å². The molecule has 0 saturated carbocycles. The number of benzene rings is 1. The van der Waals surface area contributed by atoms with Gasteiger partial charge in [0.05, 0.1) is 5.69 Å². The van der Waals surface area contributed by atoms with Crippen molar-refractivity contribution in [2.45, 2.75) is 13.0 Å². The Morgan fingerprint density at radius 1 is 1.19 bits per heavy atom. The summed E-state index contributed by atoms with van der Waals surface area (Å²) in [6.07, 6.45) is -5.03. The minimum atomic E-state index is -5.03. The number of anilines is 1. The van der Waals surface area contributed by atoms with Gasteiger partial charge >= 0.3 is 13.0 Å². The quantitative estimate of drug-likeness (QED) is 0.655. The fraction of sp³-hybridized carbons (Fsp3) is 0.250. The standard InChI is InChI=1S/C8H6F5NO2/c9-7(10)15-5-3-1-2-4(14)6(5)16-8(11,12)13/h1-3,7H,14H2. The Labute approximate surface area is 86.6 Å². The molecule has 0 aromatic heterocycles. The summed E-state index contributed by atoms with van der Waals surface area (Å²) in [5, 5.41) is 0. The van der Waals surface area contributed by atoms with Gasteiger partial charge in [0.25, 0.3) is 0 Å². The average molecular weight is 243 g/mol. The van der Waals surface area contributed by atoms with Crippen molar-refractivity contribution in [2.75, 3.05) is 5.73 Å². The van der Waals surface area contributed by atoms with Crippen molar-refractivity contribution in [3.63, 3.8) is 0 Å². The molecule has 1 aromatic rings. The molecular weight excluding hydrogens is 237 g/mol. The van der Waals surface area contributed by atoms with Crippen LogP contribution in [0.3, 0.4) is 0 Å². The van der Waals surface area contributed by atoms with Crippen LogP contribution in [0.1, 0.15) is 0 Å². The Hall–Kier alpha value is -1.73. The second kappa shape index (κ2) is 4.42. The number of rotatable bonds is 3. The summed E-state index contributed by atoms with van der Waals surface area (Å²) < 4.78 is 66.8. The van der Waals surface area contributed by atoms with Crippen molar-refractivity contribution >= 4 is 5.69 Å². The van der Waals surface area contributed by atoms with E-state index in [4.69, 9.17) is 5.73 Å². The highest BCUT2D eigenvalue weighted by atomic mass is 19.4. The van der Waals surface area contributed by atoms with Gasteiger partial charge < -0.3 is 15.2 Å². The van der Waals surface area contributed by atoms with Crippen LogP contribution in [0.2, 0.25) is 0 Å². The molecule has 0 atom stereocenters. The number of alkyl halides is 5. The number of para-hydroxylation sites is 1. The van der Waals surface area contributed by atoms with Gasteiger partial charge in [-0.3, -0.25) is 0 Å². The predicted octanol–water partition coefficient (Wildman–Crippen LogP) is 2.77. The van der Waals surface area contributed by atoms with Crippen molar-refractivity contribution in [1.82, 2.24) is 0 Å². The first-order chi connectivity index (χ1) is 7.29. The van der Waals surface area contributed by atoms with Gasteiger partial charge in [0.1, 0.15) is 0 Å². The van der Waals surface area contributed by atoms with Crippen LogP contribution in [-0.2, 0) is 0 Å². The van der Waals surface area contributed by atoms with Crippen LogP contribution in [0.25, 0.3) is 0 Å². The Kier molecular flexibility index (Phi) is 3.41. The summed E-state index contributed by atoms with van der Waals surface area (Å²) in [5.41, 5.74) is 4.71. The molecule has 0 aliphatic heterocycles. The van der Waals surface area contributed by atoms with Gasteiger partial charge in [-0.05, 0) is 12.1 Å². The van der Waals surface area contributed by atoms with Crippen LogP contribution in [0.15, 0.2) is 18.2 Å². The number of nitrogen functional groups attached to an aromatic ring is 1. The SMILES string of the molecule is Nc1cccc(OC(F)F)c1OC(F)(F)F. The first-order valence-corrected chi connectivity index (χ1v) is 3.88. The lowest BCUT2D eigenvalue weighted by Gasteiger charge is -2.15. The normalized spacial score (nSPS) is 11.6. The van der Waals surface area contributed by atoms with Crippen molar-refractivity contribution in [3.8, 4) is 11.5 Å². The predicted molar refractivity (Wildman–Crippen MR) is 44.2 cm³/mol. The Morgan fingerprint density at radius 2 is 1.81 bits per heavy atom. The molecule has 0 fully saturated rings. The average Bonchev–Trinajstić information content (AvgIpc) is 2.08. The molecule has 90 valence electrons. The molecule has 8 heteroatoms. The summed E-state index contributed by atoms with van der Waals surface area (Å²) in [6.45, 7) is -3.27. The minimum absolute atomic E-state index is 0.449. The Balaban J connectivity index is 3.03. The molecule has 0 aliphatic rings. The van der Waals surface area contributed by atoms with Gasteiger partial charge in [0.15, 0.2) is 11.5 Å². The zero-order chi connectivity index (χ0) is 12.3. The van der Waals surface area contributed by atoms with Crippen LogP contribution >= 0.6 is 0 Å². The third kappa shape index (κ3) is 3.44. The fourth-order valence-corrected chi connectivity index (χ4v) is 0.947. The molecule has 0 radical (unpaired) electrons. The summed E-state index contributed by atoms with van der Waals surface area (Å²) in [5.74, 6) is -1.75. The molecule has 16 heavy (non-hydrogen) atoms. The van der Waals surface area contributed by atoms with Gasteiger partial charge in [-0.15, -0.1) is 13.2 Å². The lowest BCUT2D eigenvalue weighted by Crippen LogP contribution is -2.19. The number of hydrogen-bond donors (Lipinski definition) is 1. The molecule has 3 nitrogen and oxygen atoms in total. The second-order valence-electron chi connectivity index (χ2n) is 2.60. The van der Waals surface area contributed by atoms with Crippen LogP contribution < -0.4 is 15.2 Å². The van der Waals surface area contributed by atoms with E-state index in [2.05, 4.69) is 9.47 Å². The monoisotopic (exact) mass is 243 g/mol. The van der Waals surface area contributed by atoms with E-state index in [1.807, 2.05) is 0 Å². The second-order valence-corrected chi connectivity index (χ2v) is 2.60. The summed E-state index contributed by atoms with van der Waals surface area (Å²) in [4.78, 5) is 0. The lowest BCUT2D eigenvalue weighted by atomic mass is 10.3. The third-order valence-corrected chi connectivity index (χ3v) is 1.44. The van der Waals surface area contributed by atoms with E-state index in [-0.39, 0.29) is 0 Å². The van der Waals surface area contributed by atoms with Gasteiger partial charge in [-0.2, -0.15) is 8.78 Å². The number of halogens is 5. The van der Waals surface area contributed by atoms with E-state index in [0.29, 0.717) is 0 Å². The molecule has 0 saturated heterocycles. The largest absolute Gasteiger partial charge is 0.573 e. The molecule has 0 heterocycles. The maximum Gasteiger partial charge on any atom is 0.573 e. The first-order valence-electron chi connectivity index (χ1n) is 3.88. The number of nitrogens with two attached hydrogens (primary N) is 1. The van der Waals surface area contributed by atoms with Crippen LogP contribution in [-0.4, -0.2) is 13.0 Å². The van der Waals surface area contributed by atoms with Gasteiger partial charge in [0, 0.05) is 0 Å². The van der Waals surface area contributed by atoms with Crippen molar-refractivity contribution < 1.29 is 31.4 Å². The van der Waals surface area contributed by atoms with Crippen LogP contribution in [0.5, 0.6) is 11.5 Å². The minimum Gasteiger partial charge on any atom is -0.431 e. The van der Waals surface area contributed by atoms with Crippen molar-refractivity contribution in [3.05, 3.63) is 18.2 Å². The molecule has 0 amide bonds. The van der Waals surface area contributed by atoms with Crippen molar-refractivity contribution in [1.29, 1.82) is 0 Å². The van der Waals surface area contributed by atoms with Gasteiger partial charge in [0.2, 0.25) is 0 Å². The molecule has 1 rings (SSSR count). The summed E-state index contributed by atoms with van der Waals surface area (Å²) in [6, 6.07) is 3.12. The van der Waals surface area contributed by atoms with Crippen LogP contribution in [0.4, 0.5) is 27.6 Å². The van der Waals surface area contributed by atoms with Gasteiger partial charge in [-0.1, -0.05) is 6.07 Å². The van der Waals surface area contributed by atoms with E-state index in [1.54, 1.807) is 0 Å².